The molecular weight excluding hydrogens is 646 g/mol. The maximum absolute atomic E-state index is 13.8. The zero-order valence-corrected chi connectivity index (χ0v) is 28.6. The third-order valence-corrected chi connectivity index (χ3v) is 10.9. The fourth-order valence-electron chi connectivity index (χ4n) is 6.35. The molecule has 4 aliphatic heterocycles. The molecule has 0 bridgehead atoms. The zero-order chi connectivity index (χ0) is 33.2. The average Bonchev–Trinajstić information content (AvgIpc) is 3.47. The fourth-order valence-corrected chi connectivity index (χ4v) is 7.99. The lowest BCUT2D eigenvalue weighted by Gasteiger charge is -2.34. The number of likely N-dealkylation sites (N-methyl/N-ethyl adjacent to an activating group) is 1. The number of urea groups is 1. The minimum absolute atomic E-state index is 0.161. The number of thioether (sulfide) groups is 1. The molecule has 4 aliphatic rings. The lowest BCUT2D eigenvalue weighted by atomic mass is 9.96. The Balaban J connectivity index is 1.11. The normalized spacial score (nSPS) is 23.6. The fraction of sp³-hybridized carbons (Fsp3) is 0.333. The second-order valence-corrected chi connectivity index (χ2v) is 14.0. The number of carbonyl (C=O) groups is 2. The van der Waals surface area contributed by atoms with E-state index in [1.54, 1.807) is 24.4 Å². The van der Waals surface area contributed by atoms with E-state index in [4.69, 9.17) is 21.3 Å². The van der Waals surface area contributed by atoms with Gasteiger partial charge in [-0.05, 0) is 74.8 Å². The Morgan fingerprint density at radius 3 is 2.67 bits per heavy atom. The van der Waals surface area contributed by atoms with Crippen LogP contribution in [0, 0.1) is 0 Å². The molecule has 5 heterocycles. The minimum Gasteiger partial charge on any atom is -0.486 e. The molecule has 0 aliphatic carbocycles. The lowest BCUT2D eigenvalue weighted by Crippen LogP contribution is -2.54. The summed E-state index contributed by atoms with van der Waals surface area (Å²) in [7, 11) is 2.16. The van der Waals surface area contributed by atoms with Crippen molar-refractivity contribution in [1.82, 2.24) is 20.1 Å². The topological polar surface area (TPSA) is 102 Å². The number of hydrogen-bond donors (Lipinski definition) is 2. The van der Waals surface area contributed by atoms with Gasteiger partial charge in [-0.1, -0.05) is 35.4 Å². The van der Waals surface area contributed by atoms with Crippen molar-refractivity contribution in [2.75, 3.05) is 43.4 Å². The number of hydrogen-bond acceptors (Lipinski definition) is 8. The maximum Gasteiger partial charge on any atom is 0.328 e. The molecule has 2 atom stereocenters. The predicted molar refractivity (Wildman–Crippen MR) is 191 cm³/mol. The van der Waals surface area contributed by atoms with Crippen LogP contribution in [0.15, 0.2) is 93.7 Å². The lowest BCUT2D eigenvalue weighted by molar-refractivity contribution is -0.115. The number of nitrogens with zero attached hydrogens (tertiary/aromatic N) is 5. The number of ether oxygens (including phenoxy) is 1. The van der Waals surface area contributed by atoms with Gasteiger partial charge in [0.05, 0.1) is 22.4 Å². The summed E-state index contributed by atoms with van der Waals surface area (Å²) >= 11 is 8.16. The third-order valence-electron chi connectivity index (χ3n) is 9.04. The highest BCUT2D eigenvalue weighted by Gasteiger charge is 2.49. The van der Waals surface area contributed by atoms with Crippen LogP contribution in [0.25, 0.3) is 0 Å². The van der Waals surface area contributed by atoms with Gasteiger partial charge in [0.2, 0.25) is 5.91 Å². The Hall–Kier alpha value is -4.16. The van der Waals surface area contributed by atoms with Crippen LogP contribution < -0.4 is 20.3 Å². The van der Waals surface area contributed by atoms with Crippen LogP contribution in [0.4, 0.5) is 16.2 Å². The molecule has 7 rings (SSSR count). The van der Waals surface area contributed by atoms with Crippen LogP contribution in [0.3, 0.4) is 0 Å². The van der Waals surface area contributed by atoms with Crippen LogP contribution in [-0.2, 0) is 17.9 Å². The molecule has 1 aromatic heterocycles. The summed E-state index contributed by atoms with van der Waals surface area (Å²) in [5.41, 5.74) is 5.29. The van der Waals surface area contributed by atoms with Crippen LogP contribution in [0.2, 0.25) is 5.02 Å². The highest BCUT2D eigenvalue weighted by atomic mass is 35.5. The molecule has 3 amide bonds. The van der Waals surface area contributed by atoms with Crippen molar-refractivity contribution in [1.29, 1.82) is 0 Å². The number of piperazine rings is 1. The first-order chi connectivity index (χ1) is 23.3. The first-order valence-corrected chi connectivity index (χ1v) is 17.5. The number of carbonyl (C=O) groups excluding carboxylic acids is 2. The Morgan fingerprint density at radius 1 is 1.10 bits per heavy atom. The quantitative estimate of drug-likeness (QED) is 0.298. The summed E-state index contributed by atoms with van der Waals surface area (Å²) in [4.78, 5) is 44.1. The first kappa shape index (κ1) is 32.4. The second-order valence-electron chi connectivity index (χ2n) is 12.5. The van der Waals surface area contributed by atoms with Crippen molar-refractivity contribution in [2.45, 2.75) is 44.2 Å². The van der Waals surface area contributed by atoms with E-state index < -0.39 is 11.3 Å². The number of pyridine rings is 1. The van der Waals surface area contributed by atoms with Gasteiger partial charge in [0.25, 0.3) is 0 Å². The SMILES string of the molecule is C/C1=C2/SC(C(=O)Nc3ccc(CN4CCN(C)CC4)cc3)C3NC(=O)N(c4ccc(OCc5ccccn5)c(Cl)c4)C(=C23)/N=C\CC1. The Bertz CT molecular complexity index is 1790. The van der Waals surface area contributed by atoms with Crippen LogP contribution in [0.1, 0.15) is 31.0 Å². The van der Waals surface area contributed by atoms with Gasteiger partial charge in [0, 0.05) is 61.3 Å². The van der Waals surface area contributed by atoms with Crippen molar-refractivity contribution in [3.8, 4) is 5.75 Å². The van der Waals surface area contributed by atoms with Crippen molar-refractivity contribution in [3.05, 3.63) is 105 Å². The first-order valence-electron chi connectivity index (χ1n) is 16.2. The molecule has 48 heavy (non-hydrogen) atoms. The van der Waals surface area contributed by atoms with Crippen LogP contribution in [0.5, 0.6) is 5.75 Å². The highest BCUT2D eigenvalue weighted by Crippen LogP contribution is 2.49. The second kappa shape index (κ2) is 14.1. The van der Waals surface area contributed by atoms with E-state index in [2.05, 4.69) is 51.5 Å². The van der Waals surface area contributed by atoms with Crippen LogP contribution in [-0.4, -0.2) is 77.5 Å². The zero-order valence-electron chi connectivity index (χ0n) is 27.0. The van der Waals surface area contributed by atoms with Crippen molar-refractivity contribution < 1.29 is 14.3 Å². The predicted octanol–water partition coefficient (Wildman–Crippen LogP) is 6.06. The number of halogens is 1. The molecule has 2 unspecified atom stereocenters. The van der Waals surface area contributed by atoms with Gasteiger partial charge >= 0.3 is 6.03 Å². The van der Waals surface area contributed by atoms with Crippen molar-refractivity contribution in [2.24, 2.45) is 4.99 Å². The molecule has 2 N–H and O–H groups in total. The number of rotatable bonds is 8. The molecular formula is C36H38ClN7O3S. The van der Waals surface area contributed by atoms with E-state index in [-0.39, 0.29) is 18.5 Å². The van der Waals surface area contributed by atoms with Gasteiger partial charge in [-0.25, -0.2) is 14.7 Å². The molecule has 0 saturated carbocycles. The van der Waals surface area contributed by atoms with Crippen LogP contribution >= 0.6 is 23.4 Å². The molecule has 0 radical (unpaired) electrons. The van der Waals surface area contributed by atoms with Gasteiger partial charge in [-0.15, -0.1) is 11.8 Å². The molecule has 12 heteroatoms. The number of amides is 3. The average molecular weight is 684 g/mol. The monoisotopic (exact) mass is 683 g/mol. The number of aromatic nitrogens is 1. The van der Waals surface area contributed by atoms with Crippen molar-refractivity contribution >= 4 is 52.9 Å². The van der Waals surface area contributed by atoms with E-state index in [1.165, 1.54) is 27.8 Å². The largest absolute Gasteiger partial charge is 0.486 e. The number of benzene rings is 2. The number of nitrogens with one attached hydrogen (secondary N) is 2. The van der Waals surface area contributed by atoms with Gasteiger partial charge in [-0.3, -0.25) is 14.7 Å². The number of allylic oxidation sites excluding steroid dienone is 1. The summed E-state index contributed by atoms with van der Waals surface area (Å²) in [5.74, 6) is 0.829. The molecule has 2 aromatic carbocycles. The summed E-state index contributed by atoms with van der Waals surface area (Å²) < 4.78 is 5.91. The number of aliphatic imine (C=N–C) groups is 1. The van der Waals surface area contributed by atoms with E-state index in [1.807, 2.05) is 36.5 Å². The van der Waals surface area contributed by atoms with Gasteiger partial charge in [0.1, 0.15) is 23.4 Å². The molecule has 3 aromatic rings. The Kier molecular flexibility index (Phi) is 9.54. The highest BCUT2D eigenvalue weighted by molar-refractivity contribution is 8.05. The molecule has 248 valence electrons. The Morgan fingerprint density at radius 2 is 1.92 bits per heavy atom. The summed E-state index contributed by atoms with van der Waals surface area (Å²) in [6.07, 6.45) is 5.11. The summed E-state index contributed by atoms with van der Waals surface area (Å²) in [5, 5.41) is 6.04. The van der Waals surface area contributed by atoms with E-state index in [0.717, 1.165) is 67.4 Å². The minimum atomic E-state index is -0.560. The molecule has 2 fully saturated rings. The summed E-state index contributed by atoms with van der Waals surface area (Å²) in [6.45, 7) is 7.49. The number of anilines is 2. The Labute approximate surface area is 289 Å². The van der Waals surface area contributed by atoms with E-state index in [9.17, 15) is 9.59 Å². The standard InChI is InChI=1S/C36H38ClN7O3S/c1-23-6-5-15-39-34-30-31(41-36(46)44(34)27-12-13-29(28(37)20-27)47-22-26-7-3-4-14-38-26)33(48-32(23)30)35(45)40-25-10-8-24(9-11-25)21-43-18-16-42(2)17-19-43/h3-4,7-15,20,31,33H,5-6,16-19,21-22H2,1-2H3,(H,40,45)(H,41,46)/b32-23-,39-15-. The maximum atomic E-state index is 13.8. The van der Waals surface area contributed by atoms with E-state index >= 15 is 0 Å². The van der Waals surface area contributed by atoms with Gasteiger partial charge in [0.15, 0.2) is 0 Å². The molecule has 0 spiro atoms. The smallest absolute Gasteiger partial charge is 0.328 e. The molecule has 2 saturated heterocycles. The summed E-state index contributed by atoms with van der Waals surface area (Å²) in [6, 6.07) is 18.0. The molecule has 10 nitrogen and oxygen atoms in total. The van der Waals surface area contributed by atoms with Crippen molar-refractivity contribution in [3.63, 3.8) is 0 Å². The van der Waals surface area contributed by atoms with Gasteiger partial charge in [-0.2, -0.15) is 0 Å². The van der Waals surface area contributed by atoms with E-state index in [0.29, 0.717) is 22.3 Å². The van der Waals surface area contributed by atoms with Gasteiger partial charge < -0.3 is 20.3 Å². The third kappa shape index (κ3) is 6.86.